The molecule has 0 saturated heterocycles. The first-order chi connectivity index (χ1) is 9.95. The largest absolute Gasteiger partial charge is 0.416 e. The molecule has 0 heterocycles. The Morgan fingerprint density at radius 3 is 2.14 bits per heavy atom. The SMILES string of the molecule is FC(F)(F)c1ccc(C(Cl)c2ccc3c(c2)CCC3)cc1. The van der Waals surface area contributed by atoms with Crippen molar-refractivity contribution in [2.75, 3.05) is 0 Å². The molecular formula is C17H14ClF3. The Hall–Kier alpha value is -1.48. The molecule has 0 radical (unpaired) electrons. The van der Waals surface area contributed by atoms with Crippen molar-refractivity contribution >= 4 is 11.6 Å². The lowest BCUT2D eigenvalue weighted by Gasteiger charge is -2.13. The Morgan fingerprint density at radius 1 is 0.857 bits per heavy atom. The summed E-state index contributed by atoms with van der Waals surface area (Å²) < 4.78 is 37.7. The van der Waals surface area contributed by atoms with Crippen LogP contribution in [0.5, 0.6) is 0 Å². The highest BCUT2D eigenvalue weighted by Crippen LogP contribution is 2.34. The predicted octanol–water partition coefficient (Wildman–Crippen LogP) is 5.52. The van der Waals surface area contributed by atoms with Crippen molar-refractivity contribution in [1.82, 2.24) is 0 Å². The van der Waals surface area contributed by atoms with Crippen LogP contribution < -0.4 is 0 Å². The van der Waals surface area contributed by atoms with Gasteiger partial charge in [0, 0.05) is 0 Å². The molecule has 0 bridgehead atoms. The quantitative estimate of drug-likeness (QED) is 0.640. The molecule has 1 aliphatic rings. The lowest BCUT2D eigenvalue weighted by Crippen LogP contribution is -2.05. The highest BCUT2D eigenvalue weighted by molar-refractivity contribution is 6.22. The summed E-state index contributed by atoms with van der Waals surface area (Å²) in [6, 6.07) is 11.2. The second kappa shape index (κ2) is 5.38. The van der Waals surface area contributed by atoms with E-state index in [1.165, 1.54) is 23.3 Å². The van der Waals surface area contributed by atoms with Gasteiger partial charge in [-0.1, -0.05) is 30.3 Å². The Morgan fingerprint density at radius 2 is 1.48 bits per heavy atom. The number of hydrogen-bond acceptors (Lipinski definition) is 0. The Balaban J connectivity index is 1.86. The third-order valence-corrected chi connectivity index (χ3v) is 4.45. The highest BCUT2D eigenvalue weighted by Gasteiger charge is 2.30. The van der Waals surface area contributed by atoms with Crippen LogP contribution in [-0.4, -0.2) is 0 Å². The number of halogens is 4. The molecule has 3 rings (SSSR count). The van der Waals surface area contributed by atoms with Crippen LogP contribution in [-0.2, 0) is 19.0 Å². The molecule has 1 atom stereocenters. The molecule has 0 saturated carbocycles. The van der Waals surface area contributed by atoms with Crippen molar-refractivity contribution in [3.63, 3.8) is 0 Å². The van der Waals surface area contributed by atoms with Crippen molar-refractivity contribution in [3.8, 4) is 0 Å². The lowest BCUT2D eigenvalue weighted by atomic mass is 9.99. The normalized spacial score (nSPS) is 15.8. The Kier molecular flexibility index (Phi) is 3.70. The van der Waals surface area contributed by atoms with Crippen molar-refractivity contribution in [3.05, 3.63) is 70.3 Å². The summed E-state index contributed by atoms with van der Waals surface area (Å²) >= 11 is 6.42. The van der Waals surface area contributed by atoms with Crippen LogP contribution in [0.1, 0.15) is 39.6 Å². The van der Waals surface area contributed by atoms with E-state index in [2.05, 4.69) is 12.1 Å². The fraction of sp³-hybridized carbons (Fsp3) is 0.294. The standard InChI is InChI=1S/C17H14ClF3/c18-16(12-6-8-15(9-7-12)17(19,20)21)14-5-4-11-2-1-3-13(11)10-14/h4-10,16H,1-3H2. The number of aryl methyl sites for hydroxylation is 2. The fourth-order valence-electron chi connectivity index (χ4n) is 2.78. The molecule has 0 amide bonds. The fourth-order valence-corrected chi connectivity index (χ4v) is 3.06. The van der Waals surface area contributed by atoms with E-state index in [1.54, 1.807) is 0 Å². The predicted molar refractivity (Wildman–Crippen MR) is 77.6 cm³/mol. The van der Waals surface area contributed by atoms with Gasteiger partial charge in [0.25, 0.3) is 0 Å². The third kappa shape index (κ3) is 2.93. The lowest BCUT2D eigenvalue weighted by molar-refractivity contribution is -0.137. The van der Waals surface area contributed by atoms with Gasteiger partial charge in [-0.15, -0.1) is 11.6 Å². The molecule has 110 valence electrons. The number of rotatable bonds is 2. The van der Waals surface area contributed by atoms with E-state index in [4.69, 9.17) is 11.6 Å². The van der Waals surface area contributed by atoms with Gasteiger partial charge >= 0.3 is 6.18 Å². The van der Waals surface area contributed by atoms with Crippen LogP contribution in [0.25, 0.3) is 0 Å². The molecule has 2 aromatic carbocycles. The van der Waals surface area contributed by atoms with Crippen molar-refractivity contribution in [1.29, 1.82) is 0 Å². The van der Waals surface area contributed by atoms with Crippen LogP contribution in [0, 0.1) is 0 Å². The summed E-state index contributed by atoms with van der Waals surface area (Å²) in [7, 11) is 0. The summed E-state index contributed by atoms with van der Waals surface area (Å²) in [6.07, 6.45) is -0.997. The number of benzene rings is 2. The van der Waals surface area contributed by atoms with Gasteiger partial charge in [-0.05, 0) is 53.6 Å². The molecular weight excluding hydrogens is 297 g/mol. The van der Waals surface area contributed by atoms with Crippen molar-refractivity contribution in [2.24, 2.45) is 0 Å². The van der Waals surface area contributed by atoms with Crippen LogP contribution in [0.15, 0.2) is 42.5 Å². The first-order valence-corrected chi connectivity index (χ1v) is 7.32. The second-order valence-electron chi connectivity index (χ2n) is 5.36. The zero-order chi connectivity index (χ0) is 15.0. The Bertz CT molecular complexity index is 644. The summed E-state index contributed by atoms with van der Waals surface area (Å²) in [5, 5.41) is -0.418. The van der Waals surface area contributed by atoms with Crippen LogP contribution in [0.4, 0.5) is 13.2 Å². The van der Waals surface area contributed by atoms with E-state index in [1.807, 2.05) is 6.07 Å². The second-order valence-corrected chi connectivity index (χ2v) is 5.80. The van der Waals surface area contributed by atoms with Gasteiger partial charge < -0.3 is 0 Å². The maximum atomic E-state index is 12.6. The first-order valence-electron chi connectivity index (χ1n) is 6.88. The van der Waals surface area contributed by atoms with Gasteiger partial charge in [0.1, 0.15) is 0 Å². The van der Waals surface area contributed by atoms with Crippen molar-refractivity contribution < 1.29 is 13.2 Å². The summed E-state index contributed by atoms with van der Waals surface area (Å²) in [4.78, 5) is 0. The monoisotopic (exact) mass is 310 g/mol. The minimum Gasteiger partial charge on any atom is -0.166 e. The molecule has 1 aliphatic carbocycles. The molecule has 0 spiro atoms. The van der Waals surface area contributed by atoms with Crippen molar-refractivity contribution in [2.45, 2.75) is 30.8 Å². The molecule has 21 heavy (non-hydrogen) atoms. The first kappa shape index (κ1) is 14.5. The van der Waals surface area contributed by atoms with E-state index >= 15 is 0 Å². The molecule has 4 heteroatoms. The summed E-state index contributed by atoms with van der Waals surface area (Å²) in [5.41, 5.74) is 3.64. The summed E-state index contributed by atoms with van der Waals surface area (Å²) in [5.74, 6) is 0. The maximum absolute atomic E-state index is 12.6. The van der Waals surface area contributed by atoms with Gasteiger partial charge in [0.05, 0.1) is 10.9 Å². The summed E-state index contributed by atoms with van der Waals surface area (Å²) in [6.45, 7) is 0. The topological polar surface area (TPSA) is 0 Å². The minimum atomic E-state index is -4.31. The van der Waals surface area contributed by atoms with E-state index in [0.717, 1.165) is 37.0 Å². The molecule has 0 aliphatic heterocycles. The molecule has 2 aromatic rings. The van der Waals surface area contributed by atoms with E-state index in [0.29, 0.717) is 5.56 Å². The zero-order valence-corrected chi connectivity index (χ0v) is 12.0. The molecule has 1 unspecified atom stereocenters. The smallest absolute Gasteiger partial charge is 0.166 e. The zero-order valence-electron chi connectivity index (χ0n) is 11.3. The Labute approximate surface area is 126 Å². The van der Waals surface area contributed by atoms with Gasteiger partial charge in [-0.25, -0.2) is 0 Å². The molecule has 0 nitrogen and oxygen atoms in total. The maximum Gasteiger partial charge on any atom is 0.416 e. The van der Waals surface area contributed by atoms with Gasteiger partial charge in [0.2, 0.25) is 0 Å². The molecule has 0 fully saturated rings. The third-order valence-electron chi connectivity index (χ3n) is 3.95. The van der Waals surface area contributed by atoms with Gasteiger partial charge in [-0.3, -0.25) is 0 Å². The van der Waals surface area contributed by atoms with E-state index in [-0.39, 0.29) is 0 Å². The van der Waals surface area contributed by atoms with E-state index in [9.17, 15) is 13.2 Å². The van der Waals surface area contributed by atoms with Gasteiger partial charge in [0.15, 0.2) is 0 Å². The average molecular weight is 311 g/mol. The number of alkyl halides is 4. The van der Waals surface area contributed by atoms with Crippen LogP contribution >= 0.6 is 11.6 Å². The average Bonchev–Trinajstić information content (AvgIpc) is 2.93. The minimum absolute atomic E-state index is 0.418. The number of fused-ring (bicyclic) bond motifs is 1. The molecule has 0 aromatic heterocycles. The molecule has 0 N–H and O–H groups in total. The van der Waals surface area contributed by atoms with Gasteiger partial charge in [-0.2, -0.15) is 13.2 Å². The number of hydrogen-bond donors (Lipinski definition) is 0. The van der Waals surface area contributed by atoms with Crippen LogP contribution in [0.3, 0.4) is 0 Å². The van der Waals surface area contributed by atoms with Crippen LogP contribution in [0.2, 0.25) is 0 Å². The van der Waals surface area contributed by atoms with E-state index < -0.39 is 17.1 Å². The highest BCUT2D eigenvalue weighted by atomic mass is 35.5.